The second-order valence-electron chi connectivity index (χ2n) is 5.35. The Bertz CT molecular complexity index is 846. The van der Waals surface area contributed by atoms with Crippen molar-refractivity contribution in [3.05, 3.63) is 24.3 Å². The van der Waals surface area contributed by atoms with Crippen LogP contribution in [-0.4, -0.2) is 49.0 Å². The van der Waals surface area contributed by atoms with Crippen molar-refractivity contribution in [2.75, 3.05) is 19.9 Å². The lowest BCUT2D eigenvalue weighted by molar-refractivity contribution is -0.120. The molecule has 1 N–H and O–H groups in total. The van der Waals surface area contributed by atoms with Gasteiger partial charge in [0.1, 0.15) is 5.75 Å². The molecule has 136 valence electrons. The zero-order valence-electron chi connectivity index (χ0n) is 14.5. The summed E-state index contributed by atoms with van der Waals surface area (Å²) in [5, 5.41) is 10.3. The highest BCUT2D eigenvalue weighted by atomic mass is 32.2. The van der Waals surface area contributed by atoms with Crippen LogP contribution in [0.5, 0.6) is 5.75 Å². The van der Waals surface area contributed by atoms with Crippen molar-refractivity contribution in [3.8, 4) is 17.1 Å². The fraction of sp³-hybridized carbons (Fsp3) is 0.438. The summed E-state index contributed by atoms with van der Waals surface area (Å²) in [6, 6.07) is 7.23. The molecule has 0 saturated heterocycles. The third-order valence-corrected chi connectivity index (χ3v) is 5.44. The van der Waals surface area contributed by atoms with Crippen LogP contribution in [0.4, 0.5) is 0 Å². The Kier molecular flexibility index (Phi) is 6.13. The van der Waals surface area contributed by atoms with Gasteiger partial charge in [-0.05, 0) is 25.5 Å². The quantitative estimate of drug-likeness (QED) is 0.755. The van der Waals surface area contributed by atoms with Gasteiger partial charge in [0.25, 0.3) is 0 Å². The zero-order valence-corrected chi connectivity index (χ0v) is 15.3. The van der Waals surface area contributed by atoms with Crippen LogP contribution in [0.15, 0.2) is 29.4 Å². The predicted octanol–water partition coefficient (Wildman–Crippen LogP) is 1.27. The summed E-state index contributed by atoms with van der Waals surface area (Å²) in [5.41, 5.74) is 0.672. The molecule has 0 aliphatic rings. The SMILES string of the molecule is CCn1c(-c2ccccc2OC)nnc1S(=O)(=O)CCCC(=O)NC. The van der Waals surface area contributed by atoms with E-state index in [0.717, 1.165) is 0 Å². The molecule has 9 heteroatoms. The van der Waals surface area contributed by atoms with Gasteiger partial charge in [-0.3, -0.25) is 9.36 Å². The fourth-order valence-corrected chi connectivity index (χ4v) is 3.90. The Morgan fingerprint density at radius 2 is 2.00 bits per heavy atom. The van der Waals surface area contributed by atoms with Crippen molar-refractivity contribution in [1.82, 2.24) is 20.1 Å². The molecule has 2 rings (SSSR count). The van der Waals surface area contributed by atoms with Crippen LogP contribution in [0.25, 0.3) is 11.4 Å². The maximum Gasteiger partial charge on any atom is 0.249 e. The largest absolute Gasteiger partial charge is 0.496 e. The van der Waals surface area contributed by atoms with Gasteiger partial charge in [-0.1, -0.05) is 12.1 Å². The van der Waals surface area contributed by atoms with Gasteiger partial charge < -0.3 is 10.1 Å². The molecule has 0 spiro atoms. The molecule has 0 saturated carbocycles. The average Bonchev–Trinajstić information content (AvgIpc) is 3.06. The Morgan fingerprint density at radius 3 is 2.64 bits per heavy atom. The van der Waals surface area contributed by atoms with Gasteiger partial charge in [0, 0.05) is 20.0 Å². The normalized spacial score (nSPS) is 11.3. The number of hydrogen-bond donors (Lipinski definition) is 1. The second kappa shape index (κ2) is 8.11. The van der Waals surface area contributed by atoms with E-state index in [1.165, 1.54) is 7.05 Å². The Balaban J connectivity index is 2.34. The number of ether oxygens (including phenoxy) is 1. The molecule has 0 radical (unpaired) electrons. The van der Waals surface area contributed by atoms with Gasteiger partial charge in [-0.15, -0.1) is 10.2 Å². The first-order valence-electron chi connectivity index (χ1n) is 7.94. The van der Waals surface area contributed by atoms with Gasteiger partial charge in [0.15, 0.2) is 5.82 Å². The smallest absolute Gasteiger partial charge is 0.249 e. The van der Waals surface area contributed by atoms with Crippen molar-refractivity contribution in [2.24, 2.45) is 0 Å². The molecule has 1 aromatic carbocycles. The molecule has 0 aliphatic carbocycles. The molecule has 1 amide bonds. The molecule has 1 aromatic heterocycles. The number of carbonyl (C=O) groups is 1. The van der Waals surface area contributed by atoms with Crippen molar-refractivity contribution in [3.63, 3.8) is 0 Å². The first-order chi connectivity index (χ1) is 11.9. The molecular weight excluding hydrogens is 344 g/mol. The van der Waals surface area contributed by atoms with E-state index in [2.05, 4.69) is 15.5 Å². The molecule has 0 bridgehead atoms. The number of nitrogens with zero attached hydrogens (tertiary/aromatic N) is 3. The van der Waals surface area contributed by atoms with E-state index in [4.69, 9.17) is 4.74 Å². The summed E-state index contributed by atoms with van der Waals surface area (Å²) in [4.78, 5) is 11.3. The third kappa shape index (κ3) is 4.16. The number of rotatable bonds is 8. The van der Waals surface area contributed by atoms with E-state index >= 15 is 0 Å². The molecule has 0 fully saturated rings. The van der Waals surface area contributed by atoms with Crippen LogP contribution in [0, 0.1) is 0 Å². The van der Waals surface area contributed by atoms with Crippen LogP contribution in [0.3, 0.4) is 0 Å². The Labute approximate surface area is 147 Å². The van der Waals surface area contributed by atoms with Gasteiger partial charge in [0.2, 0.25) is 20.9 Å². The molecule has 0 aliphatic heterocycles. The maximum absolute atomic E-state index is 12.6. The molecule has 1 heterocycles. The van der Waals surface area contributed by atoms with Crippen molar-refractivity contribution < 1.29 is 17.9 Å². The molecule has 0 unspecified atom stereocenters. The summed E-state index contributed by atoms with van der Waals surface area (Å²) in [6.07, 6.45) is 0.373. The third-order valence-electron chi connectivity index (χ3n) is 3.75. The highest BCUT2D eigenvalue weighted by Gasteiger charge is 2.25. The van der Waals surface area contributed by atoms with E-state index < -0.39 is 9.84 Å². The number of amides is 1. The van der Waals surface area contributed by atoms with Gasteiger partial charge in [-0.25, -0.2) is 8.42 Å². The fourth-order valence-electron chi connectivity index (χ4n) is 2.47. The molecule has 2 aromatic rings. The van der Waals surface area contributed by atoms with Crippen LogP contribution >= 0.6 is 0 Å². The minimum Gasteiger partial charge on any atom is -0.496 e. The number of nitrogens with one attached hydrogen (secondary N) is 1. The highest BCUT2D eigenvalue weighted by molar-refractivity contribution is 7.91. The minimum absolute atomic E-state index is 0.0900. The number of methoxy groups -OCH3 is 1. The number of aromatic nitrogens is 3. The van der Waals surface area contributed by atoms with Crippen LogP contribution < -0.4 is 10.1 Å². The molecular formula is C16H22N4O4S. The van der Waals surface area contributed by atoms with E-state index in [1.807, 2.05) is 19.1 Å². The monoisotopic (exact) mass is 366 g/mol. The van der Waals surface area contributed by atoms with Crippen LogP contribution in [0.1, 0.15) is 19.8 Å². The minimum atomic E-state index is -3.65. The van der Waals surface area contributed by atoms with E-state index in [-0.39, 0.29) is 29.7 Å². The van der Waals surface area contributed by atoms with E-state index in [1.54, 1.807) is 23.8 Å². The first kappa shape index (κ1) is 18.9. The zero-order chi connectivity index (χ0) is 18.4. The highest BCUT2D eigenvalue weighted by Crippen LogP contribution is 2.29. The number of hydrogen-bond acceptors (Lipinski definition) is 6. The van der Waals surface area contributed by atoms with Crippen molar-refractivity contribution >= 4 is 15.7 Å². The average molecular weight is 366 g/mol. The van der Waals surface area contributed by atoms with Gasteiger partial charge in [-0.2, -0.15) is 0 Å². The Morgan fingerprint density at radius 1 is 1.28 bits per heavy atom. The van der Waals surface area contributed by atoms with Crippen molar-refractivity contribution in [2.45, 2.75) is 31.5 Å². The van der Waals surface area contributed by atoms with Crippen molar-refractivity contribution in [1.29, 1.82) is 0 Å². The summed E-state index contributed by atoms with van der Waals surface area (Å²) in [7, 11) is -0.584. The topological polar surface area (TPSA) is 103 Å². The molecule has 25 heavy (non-hydrogen) atoms. The van der Waals surface area contributed by atoms with Crippen LogP contribution in [0.2, 0.25) is 0 Å². The lowest BCUT2D eigenvalue weighted by Gasteiger charge is -2.10. The predicted molar refractivity (Wildman–Crippen MR) is 93.0 cm³/mol. The maximum atomic E-state index is 12.6. The van der Waals surface area contributed by atoms with E-state index in [9.17, 15) is 13.2 Å². The molecule has 0 atom stereocenters. The molecule has 8 nitrogen and oxygen atoms in total. The summed E-state index contributed by atoms with van der Waals surface area (Å²) >= 11 is 0. The lowest BCUT2D eigenvalue weighted by atomic mass is 10.2. The number of sulfone groups is 1. The summed E-state index contributed by atoms with van der Waals surface area (Å²) < 4.78 is 32.1. The standard InChI is InChI=1S/C16H22N4O4S/c1-4-20-15(12-8-5-6-9-13(12)24-3)18-19-16(20)25(22,23)11-7-10-14(21)17-2/h5-6,8-9H,4,7,10-11H2,1-3H3,(H,17,21). The van der Waals surface area contributed by atoms with Gasteiger partial charge >= 0.3 is 0 Å². The first-order valence-corrected chi connectivity index (χ1v) is 9.59. The second-order valence-corrected chi connectivity index (χ2v) is 7.35. The van der Waals surface area contributed by atoms with E-state index in [0.29, 0.717) is 23.7 Å². The number of para-hydroxylation sites is 1. The Hall–Kier alpha value is -2.42. The number of benzene rings is 1. The lowest BCUT2D eigenvalue weighted by Crippen LogP contribution is -2.20. The van der Waals surface area contributed by atoms with Crippen LogP contribution in [-0.2, 0) is 21.2 Å². The summed E-state index contributed by atoms with van der Waals surface area (Å²) in [5.74, 6) is 0.671. The summed E-state index contributed by atoms with van der Waals surface area (Å²) in [6.45, 7) is 2.22. The van der Waals surface area contributed by atoms with Gasteiger partial charge in [0.05, 0.1) is 18.4 Å². The number of carbonyl (C=O) groups excluding carboxylic acids is 1.